The Kier molecular flexibility index (Phi) is 38.9. The van der Waals surface area contributed by atoms with E-state index in [1.54, 1.807) is 0 Å². The molecular formula is C43H85N2O6P. The molecule has 0 fully saturated rings. The maximum Gasteiger partial charge on any atom is 0.472 e. The molecule has 3 unspecified atom stereocenters. The molecule has 52 heavy (non-hydrogen) atoms. The molecule has 0 saturated heterocycles. The van der Waals surface area contributed by atoms with E-state index >= 15 is 0 Å². The summed E-state index contributed by atoms with van der Waals surface area (Å²) < 4.78 is 22.2. The van der Waals surface area contributed by atoms with Crippen LogP contribution in [0.1, 0.15) is 213 Å². The summed E-state index contributed by atoms with van der Waals surface area (Å²) in [7, 11) is -4.31. The van der Waals surface area contributed by atoms with Crippen LogP contribution in [-0.2, 0) is 18.4 Å². The molecule has 8 nitrogen and oxygen atoms in total. The van der Waals surface area contributed by atoms with Gasteiger partial charge in [-0.1, -0.05) is 186 Å². The normalized spacial score (nSPS) is 14.3. The number of rotatable bonds is 41. The van der Waals surface area contributed by atoms with Crippen LogP contribution in [0, 0.1) is 0 Å². The summed E-state index contributed by atoms with van der Waals surface area (Å²) in [6, 6.07) is -0.774. The Labute approximate surface area is 321 Å². The molecule has 308 valence electrons. The van der Waals surface area contributed by atoms with Gasteiger partial charge in [-0.2, -0.15) is 0 Å². The Morgan fingerprint density at radius 3 is 1.56 bits per heavy atom. The fourth-order valence-corrected chi connectivity index (χ4v) is 7.22. The zero-order valence-corrected chi connectivity index (χ0v) is 35.0. The summed E-state index contributed by atoms with van der Waals surface area (Å²) in [5.41, 5.74) is 5.38. The van der Waals surface area contributed by atoms with Gasteiger partial charge in [0.1, 0.15) is 0 Å². The fraction of sp³-hybridized carbons (Fsp3) is 0.884. The number of phosphoric ester groups is 1. The highest BCUT2D eigenvalue weighted by atomic mass is 31.2. The Hall–Kier alpha value is -1.02. The van der Waals surface area contributed by atoms with Crippen molar-refractivity contribution in [3.8, 4) is 0 Å². The number of aliphatic hydroxyl groups excluding tert-OH is 1. The van der Waals surface area contributed by atoms with Crippen molar-refractivity contribution < 1.29 is 28.4 Å². The summed E-state index contributed by atoms with van der Waals surface area (Å²) in [6.07, 6.45) is 44.6. The predicted molar refractivity (Wildman–Crippen MR) is 221 cm³/mol. The molecule has 0 rings (SSSR count). The Morgan fingerprint density at radius 2 is 1.06 bits per heavy atom. The summed E-state index contributed by atoms with van der Waals surface area (Å²) >= 11 is 0. The van der Waals surface area contributed by atoms with Crippen molar-refractivity contribution in [1.29, 1.82) is 0 Å². The van der Waals surface area contributed by atoms with E-state index in [9.17, 15) is 19.4 Å². The van der Waals surface area contributed by atoms with E-state index in [0.29, 0.717) is 12.8 Å². The lowest BCUT2D eigenvalue weighted by Gasteiger charge is -2.25. The lowest BCUT2D eigenvalue weighted by atomic mass is 10.0. The first-order chi connectivity index (χ1) is 25.4. The third-order valence-electron chi connectivity index (χ3n) is 9.81. The van der Waals surface area contributed by atoms with Crippen LogP contribution in [-0.4, -0.2) is 47.8 Å². The highest BCUT2D eigenvalue weighted by Crippen LogP contribution is 2.43. The number of nitrogens with one attached hydrogen (secondary N) is 1. The largest absolute Gasteiger partial charge is 0.472 e. The molecule has 9 heteroatoms. The maximum absolute atomic E-state index is 12.8. The first-order valence-corrected chi connectivity index (χ1v) is 23.4. The number of hydrogen-bond donors (Lipinski definition) is 4. The molecule has 0 aromatic rings. The minimum absolute atomic E-state index is 0.0887. The molecule has 3 atom stereocenters. The molecule has 5 N–H and O–H groups in total. The molecule has 0 bridgehead atoms. The molecule has 0 aliphatic rings. The van der Waals surface area contributed by atoms with E-state index < -0.39 is 20.0 Å². The number of nitrogens with two attached hydrogens (primary N) is 1. The van der Waals surface area contributed by atoms with Crippen LogP contribution in [0.4, 0.5) is 0 Å². The number of allylic oxidation sites excluding steroid dienone is 4. The van der Waals surface area contributed by atoms with E-state index in [2.05, 4.69) is 43.5 Å². The minimum atomic E-state index is -4.31. The van der Waals surface area contributed by atoms with Gasteiger partial charge in [-0.15, -0.1) is 0 Å². The number of carbonyl (C=O) groups excluding carboxylic acids is 1. The Morgan fingerprint density at radius 1 is 0.635 bits per heavy atom. The predicted octanol–water partition coefficient (Wildman–Crippen LogP) is 12.2. The van der Waals surface area contributed by atoms with Crippen LogP contribution >= 0.6 is 7.82 Å². The van der Waals surface area contributed by atoms with Crippen LogP contribution in [0.15, 0.2) is 24.3 Å². The third kappa shape index (κ3) is 37.3. The quantitative estimate of drug-likeness (QED) is 0.0277. The molecule has 0 aromatic heterocycles. The monoisotopic (exact) mass is 757 g/mol. The van der Waals surface area contributed by atoms with Gasteiger partial charge in [0.25, 0.3) is 0 Å². The van der Waals surface area contributed by atoms with E-state index in [1.165, 1.54) is 141 Å². The van der Waals surface area contributed by atoms with Gasteiger partial charge in [-0.25, -0.2) is 4.57 Å². The first kappa shape index (κ1) is 51.0. The van der Waals surface area contributed by atoms with Crippen molar-refractivity contribution in [2.45, 2.75) is 225 Å². The van der Waals surface area contributed by atoms with Crippen LogP contribution < -0.4 is 11.1 Å². The van der Waals surface area contributed by atoms with Crippen molar-refractivity contribution in [2.24, 2.45) is 5.73 Å². The average Bonchev–Trinajstić information content (AvgIpc) is 3.13. The topological polar surface area (TPSA) is 131 Å². The van der Waals surface area contributed by atoms with E-state index in [-0.39, 0.29) is 25.7 Å². The number of hydrogen-bond acceptors (Lipinski definition) is 6. The van der Waals surface area contributed by atoms with Crippen molar-refractivity contribution in [3.63, 3.8) is 0 Å². The van der Waals surface area contributed by atoms with Crippen LogP contribution in [0.5, 0.6) is 0 Å². The summed E-state index contributed by atoms with van der Waals surface area (Å²) in [5.74, 6) is -0.165. The number of phosphoric acid groups is 1. The number of aliphatic hydroxyl groups is 1. The molecule has 0 aromatic carbocycles. The van der Waals surface area contributed by atoms with Gasteiger partial charge in [0.15, 0.2) is 0 Å². The van der Waals surface area contributed by atoms with Crippen molar-refractivity contribution in [2.75, 3.05) is 19.8 Å². The molecule has 0 saturated carbocycles. The lowest BCUT2D eigenvalue weighted by molar-refractivity contribution is -0.123. The molecule has 0 aliphatic carbocycles. The van der Waals surface area contributed by atoms with Crippen LogP contribution in [0.3, 0.4) is 0 Å². The standard InChI is InChI=1S/C43H85N2O6P/c1-3-5-7-9-11-13-15-17-19-20-21-22-23-25-27-29-31-33-35-37-43(47)45-41(40-51-52(48,49)50-39-38-44)42(46)36-34-32-30-28-26-24-18-16-14-12-10-8-6-4-2/h11,13,17,19,41-42,46H,3-10,12,14-16,18,20-40,44H2,1-2H3,(H,45,47)(H,48,49)/b13-11-,19-17-. The van der Waals surface area contributed by atoms with E-state index in [4.69, 9.17) is 14.8 Å². The van der Waals surface area contributed by atoms with Crippen molar-refractivity contribution in [1.82, 2.24) is 5.32 Å². The van der Waals surface area contributed by atoms with E-state index in [0.717, 1.165) is 44.9 Å². The van der Waals surface area contributed by atoms with Crippen LogP contribution in [0.25, 0.3) is 0 Å². The highest BCUT2D eigenvalue weighted by molar-refractivity contribution is 7.47. The van der Waals surface area contributed by atoms with E-state index in [1.807, 2.05) is 0 Å². The number of unbranched alkanes of at least 4 members (excludes halogenated alkanes) is 25. The molecule has 0 heterocycles. The minimum Gasteiger partial charge on any atom is -0.391 e. The maximum atomic E-state index is 12.8. The van der Waals surface area contributed by atoms with Gasteiger partial charge < -0.3 is 21.1 Å². The van der Waals surface area contributed by atoms with Crippen LogP contribution in [0.2, 0.25) is 0 Å². The summed E-state index contributed by atoms with van der Waals surface area (Å²) in [6.45, 7) is 4.19. The van der Waals surface area contributed by atoms with Gasteiger partial charge in [0, 0.05) is 13.0 Å². The number of amides is 1. The SMILES string of the molecule is CCCCC/C=C\C/C=C\CCCCCCCCCCCC(=O)NC(COP(=O)(O)OCCN)C(O)CCCCCCCCCCCCCCCC. The molecule has 0 spiro atoms. The molecular weight excluding hydrogens is 671 g/mol. The highest BCUT2D eigenvalue weighted by Gasteiger charge is 2.27. The summed E-state index contributed by atoms with van der Waals surface area (Å²) in [4.78, 5) is 22.7. The Balaban J connectivity index is 4.14. The average molecular weight is 757 g/mol. The Bertz CT molecular complexity index is 871. The second kappa shape index (κ2) is 39.7. The zero-order chi connectivity index (χ0) is 38.2. The molecule has 0 aliphatic heterocycles. The first-order valence-electron chi connectivity index (χ1n) is 22.0. The van der Waals surface area contributed by atoms with Gasteiger partial charge in [-0.05, 0) is 44.9 Å². The van der Waals surface area contributed by atoms with Gasteiger partial charge in [0.05, 0.1) is 25.4 Å². The third-order valence-corrected chi connectivity index (χ3v) is 10.8. The summed E-state index contributed by atoms with van der Waals surface area (Å²) in [5, 5.41) is 13.8. The second-order valence-electron chi connectivity index (χ2n) is 14.9. The van der Waals surface area contributed by atoms with Gasteiger partial charge in [-0.3, -0.25) is 13.8 Å². The fourth-order valence-electron chi connectivity index (χ4n) is 6.46. The van der Waals surface area contributed by atoms with Crippen molar-refractivity contribution in [3.05, 3.63) is 24.3 Å². The van der Waals surface area contributed by atoms with Crippen molar-refractivity contribution >= 4 is 13.7 Å². The zero-order valence-electron chi connectivity index (χ0n) is 34.1. The molecule has 0 radical (unpaired) electrons. The second-order valence-corrected chi connectivity index (χ2v) is 16.4. The van der Waals surface area contributed by atoms with Gasteiger partial charge in [0.2, 0.25) is 5.91 Å². The van der Waals surface area contributed by atoms with Gasteiger partial charge >= 0.3 is 7.82 Å². The smallest absolute Gasteiger partial charge is 0.391 e. The molecule has 1 amide bonds. The number of carbonyl (C=O) groups is 1. The lowest BCUT2D eigenvalue weighted by Crippen LogP contribution is -2.46.